The molecule has 0 radical (unpaired) electrons. The van der Waals surface area contributed by atoms with Crippen LogP contribution < -0.4 is 0 Å². The maximum atomic E-state index is 9.79. The average molecular weight is 198 g/mol. The molecule has 1 fully saturated rings. The second kappa shape index (κ2) is 3.66. The molecule has 0 aromatic heterocycles. The first-order chi connectivity index (χ1) is 6.27. The van der Waals surface area contributed by atoms with Crippen LogP contribution in [0.25, 0.3) is 0 Å². The monoisotopic (exact) mass is 197 g/mol. The van der Waals surface area contributed by atoms with Gasteiger partial charge in [0, 0.05) is 30.2 Å². The zero-order chi connectivity index (χ0) is 9.26. The minimum absolute atomic E-state index is 0.448. The van der Waals surface area contributed by atoms with E-state index in [9.17, 15) is 5.11 Å². The zero-order valence-electron chi connectivity index (χ0n) is 7.28. The maximum Gasteiger partial charge on any atom is 0.0931 e. The molecule has 0 bridgehead atoms. The van der Waals surface area contributed by atoms with Crippen LogP contribution in [0.15, 0.2) is 24.3 Å². The number of hydrogen-bond acceptors (Lipinski definition) is 2. The molecule has 0 aliphatic carbocycles. The van der Waals surface area contributed by atoms with Crippen LogP contribution in [0.1, 0.15) is 11.7 Å². The lowest BCUT2D eigenvalue weighted by Gasteiger charge is -2.12. The fourth-order valence-electron chi connectivity index (χ4n) is 1.34. The molecule has 2 nitrogen and oxygen atoms in total. The minimum Gasteiger partial charge on any atom is -0.387 e. The fraction of sp³-hybridized carbons (Fsp3) is 0.400. The third-order valence-electron chi connectivity index (χ3n) is 2.24. The topological polar surface area (TPSA) is 23.2 Å². The zero-order valence-corrected chi connectivity index (χ0v) is 8.04. The van der Waals surface area contributed by atoms with Crippen molar-refractivity contribution < 1.29 is 5.11 Å². The van der Waals surface area contributed by atoms with E-state index in [1.165, 1.54) is 0 Å². The smallest absolute Gasteiger partial charge is 0.0931 e. The molecule has 1 aliphatic heterocycles. The number of aliphatic hydroxyl groups excluding tert-OH is 1. The van der Waals surface area contributed by atoms with Crippen molar-refractivity contribution in [2.45, 2.75) is 6.10 Å². The van der Waals surface area contributed by atoms with Crippen LogP contribution in [0.3, 0.4) is 0 Å². The summed E-state index contributed by atoms with van der Waals surface area (Å²) in [5.41, 5.74) is 0.830. The highest BCUT2D eigenvalue weighted by Crippen LogP contribution is 2.24. The Morgan fingerprint density at radius 2 is 2.08 bits per heavy atom. The van der Waals surface area contributed by atoms with E-state index in [0.717, 1.165) is 18.7 Å². The lowest BCUT2D eigenvalue weighted by atomic mass is 10.1. The predicted molar refractivity (Wildman–Crippen MR) is 52.9 cm³/mol. The van der Waals surface area contributed by atoms with Gasteiger partial charge in [0.2, 0.25) is 0 Å². The predicted octanol–water partition coefficient (Wildman–Crippen LogP) is 1.69. The van der Waals surface area contributed by atoms with Crippen LogP contribution in [0.4, 0.5) is 0 Å². The molecule has 1 aliphatic rings. The van der Waals surface area contributed by atoms with Gasteiger partial charge in [0.05, 0.1) is 6.10 Å². The summed E-state index contributed by atoms with van der Waals surface area (Å²) >= 11 is 5.94. The van der Waals surface area contributed by atoms with Crippen LogP contribution in [0.5, 0.6) is 0 Å². The number of β-amino-alcohol motifs (C(OH)–C–C–N with tert-alkyl or cyclic N) is 1. The molecule has 1 unspecified atom stereocenters. The summed E-state index contributed by atoms with van der Waals surface area (Å²) in [5.74, 6) is 0. The Bertz CT molecular complexity index is 299. The molecular formula is C10H12ClNO. The minimum atomic E-state index is -0.448. The van der Waals surface area contributed by atoms with Crippen LogP contribution >= 0.6 is 11.6 Å². The Labute approximate surface area is 82.7 Å². The van der Waals surface area contributed by atoms with Gasteiger partial charge in [0.15, 0.2) is 0 Å². The summed E-state index contributed by atoms with van der Waals surface area (Å²) in [6.07, 6.45) is -0.448. The third kappa shape index (κ3) is 2.21. The van der Waals surface area contributed by atoms with Crippen molar-refractivity contribution in [1.82, 2.24) is 4.90 Å². The van der Waals surface area contributed by atoms with Gasteiger partial charge < -0.3 is 5.11 Å². The molecule has 1 aromatic rings. The number of nitrogens with zero attached hydrogens (tertiary/aromatic N) is 1. The van der Waals surface area contributed by atoms with Gasteiger partial charge in [0.1, 0.15) is 0 Å². The number of halogens is 1. The second-order valence-electron chi connectivity index (χ2n) is 3.34. The normalized spacial score (nSPS) is 18.6. The molecule has 1 heterocycles. The number of benzene rings is 1. The van der Waals surface area contributed by atoms with Gasteiger partial charge in [-0.1, -0.05) is 29.8 Å². The van der Waals surface area contributed by atoms with Crippen molar-refractivity contribution in [2.24, 2.45) is 0 Å². The van der Waals surface area contributed by atoms with E-state index in [1.807, 2.05) is 24.3 Å². The molecule has 70 valence electrons. The Kier molecular flexibility index (Phi) is 2.54. The summed E-state index contributed by atoms with van der Waals surface area (Å²) < 4.78 is 0. The highest BCUT2D eigenvalue weighted by atomic mass is 35.5. The summed E-state index contributed by atoms with van der Waals surface area (Å²) in [7, 11) is 0. The molecule has 0 spiro atoms. The fourth-order valence-corrected chi connectivity index (χ4v) is 1.60. The molecule has 3 heteroatoms. The molecule has 1 atom stereocenters. The average Bonchev–Trinajstić information content (AvgIpc) is 2.89. The summed E-state index contributed by atoms with van der Waals surface area (Å²) in [6.45, 7) is 2.90. The van der Waals surface area contributed by atoms with E-state index in [1.54, 1.807) is 0 Å². The van der Waals surface area contributed by atoms with E-state index in [2.05, 4.69) is 4.90 Å². The summed E-state index contributed by atoms with van der Waals surface area (Å²) in [5, 5.41) is 10.4. The van der Waals surface area contributed by atoms with Crippen molar-refractivity contribution in [3.05, 3.63) is 34.9 Å². The third-order valence-corrected chi connectivity index (χ3v) is 2.58. The van der Waals surface area contributed by atoms with Crippen LogP contribution in [0, 0.1) is 0 Å². The largest absolute Gasteiger partial charge is 0.387 e. The maximum absolute atomic E-state index is 9.79. The Morgan fingerprint density at radius 1 is 1.38 bits per heavy atom. The quantitative estimate of drug-likeness (QED) is 0.746. The van der Waals surface area contributed by atoms with Crippen molar-refractivity contribution in [2.75, 3.05) is 19.6 Å². The number of hydrogen-bond donors (Lipinski definition) is 1. The van der Waals surface area contributed by atoms with Gasteiger partial charge in [-0.2, -0.15) is 0 Å². The Morgan fingerprint density at radius 3 is 2.69 bits per heavy atom. The van der Waals surface area contributed by atoms with Crippen LogP contribution in [0.2, 0.25) is 5.02 Å². The second-order valence-corrected chi connectivity index (χ2v) is 3.75. The van der Waals surface area contributed by atoms with E-state index >= 15 is 0 Å². The molecular weight excluding hydrogens is 186 g/mol. The molecule has 1 aromatic carbocycles. The molecule has 13 heavy (non-hydrogen) atoms. The first kappa shape index (κ1) is 9.00. The molecule has 1 N–H and O–H groups in total. The molecule has 2 rings (SSSR count). The molecule has 1 saturated heterocycles. The Hall–Kier alpha value is -0.570. The standard InChI is InChI=1S/C10H12ClNO/c11-9-4-2-1-3-8(9)10(13)7-12-5-6-12/h1-4,10,13H,5-7H2. The number of aliphatic hydroxyl groups is 1. The van der Waals surface area contributed by atoms with Crippen molar-refractivity contribution in [3.63, 3.8) is 0 Å². The SMILES string of the molecule is OC(CN1CC1)c1ccccc1Cl. The summed E-state index contributed by atoms with van der Waals surface area (Å²) in [6, 6.07) is 7.45. The van der Waals surface area contributed by atoms with Crippen LogP contribution in [-0.4, -0.2) is 29.6 Å². The van der Waals surface area contributed by atoms with E-state index < -0.39 is 6.10 Å². The van der Waals surface area contributed by atoms with Gasteiger partial charge >= 0.3 is 0 Å². The Balaban J connectivity index is 2.09. The van der Waals surface area contributed by atoms with Gasteiger partial charge in [-0.3, -0.25) is 4.90 Å². The lowest BCUT2D eigenvalue weighted by molar-refractivity contribution is 0.157. The first-order valence-corrected chi connectivity index (χ1v) is 4.80. The van der Waals surface area contributed by atoms with E-state index in [0.29, 0.717) is 11.6 Å². The van der Waals surface area contributed by atoms with Gasteiger partial charge in [-0.15, -0.1) is 0 Å². The van der Waals surface area contributed by atoms with Crippen molar-refractivity contribution in [3.8, 4) is 0 Å². The molecule has 0 saturated carbocycles. The highest BCUT2D eigenvalue weighted by Gasteiger charge is 2.22. The van der Waals surface area contributed by atoms with Gasteiger partial charge in [-0.25, -0.2) is 0 Å². The van der Waals surface area contributed by atoms with Crippen molar-refractivity contribution >= 4 is 11.6 Å². The first-order valence-electron chi connectivity index (χ1n) is 4.42. The van der Waals surface area contributed by atoms with Crippen molar-refractivity contribution in [1.29, 1.82) is 0 Å². The number of rotatable bonds is 3. The molecule has 0 amide bonds. The van der Waals surface area contributed by atoms with E-state index in [-0.39, 0.29) is 0 Å². The van der Waals surface area contributed by atoms with Gasteiger partial charge in [0.25, 0.3) is 0 Å². The van der Waals surface area contributed by atoms with Gasteiger partial charge in [-0.05, 0) is 6.07 Å². The lowest BCUT2D eigenvalue weighted by Crippen LogP contribution is -2.11. The highest BCUT2D eigenvalue weighted by molar-refractivity contribution is 6.31. The van der Waals surface area contributed by atoms with Crippen LogP contribution in [-0.2, 0) is 0 Å². The summed E-state index contributed by atoms with van der Waals surface area (Å²) in [4.78, 5) is 2.17. The van der Waals surface area contributed by atoms with E-state index in [4.69, 9.17) is 11.6 Å².